The van der Waals surface area contributed by atoms with E-state index in [-0.39, 0.29) is 31.1 Å². The van der Waals surface area contributed by atoms with Gasteiger partial charge in [0.2, 0.25) is 0 Å². The lowest BCUT2D eigenvalue weighted by Gasteiger charge is -2.18. The van der Waals surface area contributed by atoms with Gasteiger partial charge < -0.3 is 14.2 Å². The zero-order valence-electron chi connectivity index (χ0n) is 38.5. The first-order valence-corrected chi connectivity index (χ1v) is 24.5. The molecular weight excluding hydrogens is 733 g/mol. The molecule has 1 atom stereocenters. The number of carbonyl (C=O) groups excluding carboxylic acids is 3. The van der Waals surface area contributed by atoms with E-state index in [2.05, 4.69) is 93.7 Å². The van der Waals surface area contributed by atoms with Crippen molar-refractivity contribution in [2.45, 2.75) is 232 Å². The van der Waals surface area contributed by atoms with Gasteiger partial charge in [-0.2, -0.15) is 0 Å². The summed E-state index contributed by atoms with van der Waals surface area (Å²) in [5.74, 6) is -0.922. The monoisotopic (exact) mass is 823 g/mol. The Morgan fingerprint density at radius 3 is 1.20 bits per heavy atom. The average Bonchev–Trinajstić information content (AvgIpc) is 3.23. The zero-order chi connectivity index (χ0) is 43.0. The molecule has 0 aromatic rings. The van der Waals surface area contributed by atoms with Crippen LogP contribution in [-0.2, 0) is 28.6 Å². The first-order chi connectivity index (χ1) is 29.0. The van der Waals surface area contributed by atoms with Gasteiger partial charge in [-0.25, -0.2) is 0 Å². The van der Waals surface area contributed by atoms with Crippen molar-refractivity contribution in [1.29, 1.82) is 0 Å². The number of hydrogen-bond acceptors (Lipinski definition) is 6. The molecule has 338 valence electrons. The number of esters is 3. The normalized spacial score (nSPS) is 12.7. The summed E-state index contributed by atoms with van der Waals surface area (Å²) in [6.07, 6.45) is 58.8. The molecule has 0 saturated heterocycles. The molecule has 0 amide bonds. The van der Waals surface area contributed by atoms with Crippen LogP contribution < -0.4 is 0 Å². The predicted octanol–water partition coefficient (Wildman–Crippen LogP) is 15.9. The minimum Gasteiger partial charge on any atom is -0.462 e. The van der Waals surface area contributed by atoms with Crippen LogP contribution >= 0.6 is 0 Å². The van der Waals surface area contributed by atoms with Gasteiger partial charge in [0, 0.05) is 19.3 Å². The lowest BCUT2D eigenvalue weighted by molar-refractivity contribution is -0.167. The zero-order valence-corrected chi connectivity index (χ0v) is 38.5. The molecule has 0 saturated carbocycles. The van der Waals surface area contributed by atoms with E-state index in [1.165, 1.54) is 83.5 Å². The fourth-order valence-electron chi connectivity index (χ4n) is 6.61. The highest BCUT2D eigenvalue weighted by Crippen LogP contribution is 2.14. The smallest absolute Gasteiger partial charge is 0.306 e. The van der Waals surface area contributed by atoms with E-state index in [0.717, 1.165) is 103 Å². The summed E-state index contributed by atoms with van der Waals surface area (Å²) in [6, 6.07) is 0. The van der Waals surface area contributed by atoms with E-state index >= 15 is 0 Å². The summed E-state index contributed by atoms with van der Waals surface area (Å²) in [5, 5.41) is 0. The van der Waals surface area contributed by atoms with Gasteiger partial charge in [0.05, 0.1) is 0 Å². The first kappa shape index (κ1) is 55.9. The third kappa shape index (κ3) is 45.8. The van der Waals surface area contributed by atoms with E-state index in [1.54, 1.807) is 0 Å². The SMILES string of the molecule is CC/C=C\C/C=C\CCCCCCCCCC(=O)OC(COC(=O)CCCCCCC\C=C/C=C\C=C/C=C\CCCCC)COC(=O)CCCCCCCCCCC. The molecule has 6 nitrogen and oxygen atoms in total. The number of allylic oxidation sites excluding steroid dienone is 12. The number of hydrogen-bond donors (Lipinski definition) is 0. The van der Waals surface area contributed by atoms with Crippen molar-refractivity contribution in [3.05, 3.63) is 72.9 Å². The van der Waals surface area contributed by atoms with Gasteiger partial charge in [-0.15, -0.1) is 0 Å². The highest BCUT2D eigenvalue weighted by atomic mass is 16.6. The molecule has 0 aromatic heterocycles. The quantitative estimate of drug-likeness (QED) is 0.0200. The predicted molar refractivity (Wildman–Crippen MR) is 251 cm³/mol. The molecule has 0 N–H and O–H groups in total. The standard InChI is InChI=1S/C53H90O6/c1-4-7-10-13-16-19-21-23-25-26-27-28-30-31-34-37-40-43-46-52(55)58-49-50(48-57-51(54)45-42-39-36-33-18-15-12-9-6-3)59-53(56)47-44-41-38-35-32-29-24-22-20-17-14-11-8-5-2/h8,11,16-17,19-21,23,25-28,50H,4-7,9-10,12-15,18,22,24,29-49H2,1-3H3/b11-8-,19-16-,20-17-,23-21-,26-25-,28-27-. The summed E-state index contributed by atoms with van der Waals surface area (Å²) in [7, 11) is 0. The summed E-state index contributed by atoms with van der Waals surface area (Å²) in [6.45, 7) is 6.44. The van der Waals surface area contributed by atoms with Gasteiger partial charge in [-0.05, 0) is 70.6 Å². The lowest BCUT2D eigenvalue weighted by Crippen LogP contribution is -2.30. The topological polar surface area (TPSA) is 78.9 Å². The second-order valence-electron chi connectivity index (χ2n) is 16.1. The minimum atomic E-state index is -0.786. The third-order valence-corrected chi connectivity index (χ3v) is 10.3. The van der Waals surface area contributed by atoms with Crippen LogP contribution in [0.4, 0.5) is 0 Å². The van der Waals surface area contributed by atoms with E-state index in [0.29, 0.717) is 19.3 Å². The molecule has 0 bridgehead atoms. The largest absolute Gasteiger partial charge is 0.462 e. The number of rotatable bonds is 43. The van der Waals surface area contributed by atoms with Crippen molar-refractivity contribution in [3.8, 4) is 0 Å². The molecule has 59 heavy (non-hydrogen) atoms. The molecule has 6 heteroatoms. The van der Waals surface area contributed by atoms with Gasteiger partial charge in [0.1, 0.15) is 13.2 Å². The molecule has 0 fully saturated rings. The Morgan fingerprint density at radius 2 is 0.729 bits per heavy atom. The van der Waals surface area contributed by atoms with Crippen LogP contribution in [0.3, 0.4) is 0 Å². The van der Waals surface area contributed by atoms with Gasteiger partial charge in [0.15, 0.2) is 6.10 Å². The van der Waals surface area contributed by atoms with Crippen molar-refractivity contribution >= 4 is 17.9 Å². The van der Waals surface area contributed by atoms with Crippen LogP contribution in [-0.4, -0.2) is 37.2 Å². The van der Waals surface area contributed by atoms with Crippen LogP contribution in [0.2, 0.25) is 0 Å². The molecule has 1 unspecified atom stereocenters. The maximum absolute atomic E-state index is 12.7. The maximum atomic E-state index is 12.7. The highest BCUT2D eigenvalue weighted by Gasteiger charge is 2.19. The molecule has 0 spiro atoms. The van der Waals surface area contributed by atoms with E-state index < -0.39 is 6.10 Å². The Labute approximate surface area is 363 Å². The summed E-state index contributed by atoms with van der Waals surface area (Å²) < 4.78 is 16.7. The Bertz CT molecular complexity index is 1130. The lowest BCUT2D eigenvalue weighted by atomic mass is 10.1. The van der Waals surface area contributed by atoms with Crippen molar-refractivity contribution in [2.24, 2.45) is 0 Å². The molecular formula is C53H90O6. The van der Waals surface area contributed by atoms with Crippen LogP contribution in [0, 0.1) is 0 Å². The van der Waals surface area contributed by atoms with Crippen LogP contribution in [0.5, 0.6) is 0 Å². The van der Waals surface area contributed by atoms with Gasteiger partial charge in [-0.3, -0.25) is 14.4 Å². The summed E-state index contributed by atoms with van der Waals surface area (Å²) >= 11 is 0. The van der Waals surface area contributed by atoms with Crippen LogP contribution in [0.15, 0.2) is 72.9 Å². The fraction of sp³-hybridized carbons (Fsp3) is 0.717. The Kier molecular flexibility index (Phi) is 45.0. The van der Waals surface area contributed by atoms with Gasteiger partial charge in [-0.1, -0.05) is 209 Å². The first-order valence-electron chi connectivity index (χ1n) is 24.5. The van der Waals surface area contributed by atoms with Gasteiger partial charge in [0.25, 0.3) is 0 Å². The number of unbranched alkanes of at least 4 members (excludes halogenated alkanes) is 23. The Morgan fingerprint density at radius 1 is 0.373 bits per heavy atom. The van der Waals surface area contributed by atoms with Crippen molar-refractivity contribution in [1.82, 2.24) is 0 Å². The van der Waals surface area contributed by atoms with E-state index in [9.17, 15) is 14.4 Å². The average molecular weight is 823 g/mol. The number of ether oxygens (including phenoxy) is 3. The van der Waals surface area contributed by atoms with Gasteiger partial charge >= 0.3 is 17.9 Å². The second-order valence-corrected chi connectivity index (χ2v) is 16.1. The van der Waals surface area contributed by atoms with E-state index in [1.807, 2.05) is 0 Å². The van der Waals surface area contributed by atoms with Crippen molar-refractivity contribution in [2.75, 3.05) is 13.2 Å². The Hall–Kier alpha value is -3.15. The second kappa shape index (κ2) is 47.5. The molecule has 0 rings (SSSR count). The van der Waals surface area contributed by atoms with E-state index in [4.69, 9.17) is 14.2 Å². The Balaban J connectivity index is 4.40. The molecule has 0 aliphatic heterocycles. The summed E-state index contributed by atoms with van der Waals surface area (Å²) in [5.41, 5.74) is 0. The fourth-order valence-corrected chi connectivity index (χ4v) is 6.61. The van der Waals surface area contributed by atoms with Crippen molar-refractivity contribution in [3.63, 3.8) is 0 Å². The maximum Gasteiger partial charge on any atom is 0.306 e. The summed E-state index contributed by atoms with van der Waals surface area (Å²) in [4.78, 5) is 37.8. The highest BCUT2D eigenvalue weighted by molar-refractivity contribution is 5.71. The van der Waals surface area contributed by atoms with Crippen LogP contribution in [0.1, 0.15) is 226 Å². The third-order valence-electron chi connectivity index (χ3n) is 10.3. The molecule has 0 aliphatic carbocycles. The van der Waals surface area contributed by atoms with Crippen molar-refractivity contribution < 1.29 is 28.6 Å². The molecule has 0 aromatic carbocycles. The molecule has 0 radical (unpaired) electrons. The number of carbonyl (C=O) groups is 3. The minimum absolute atomic E-state index is 0.0859. The van der Waals surface area contributed by atoms with Crippen LogP contribution in [0.25, 0.3) is 0 Å². The molecule has 0 heterocycles. The molecule has 0 aliphatic rings.